The molecule has 0 heterocycles. The van der Waals surface area contributed by atoms with Gasteiger partial charge in [-0.15, -0.1) is 0 Å². The van der Waals surface area contributed by atoms with Crippen LogP contribution in [0.25, 0.3) is 0 Å². The average Bonchev–Trinajstić information content (AvgIpc) is 2.80. The third-order valence-electron chi connectivity index (χ3n) is 4.94. The van der Waals surface area contributed by atoms with Crippen LogP contribution < -0.4 is 9.64 Å². The molecule has 0 saturated heterocycles. The number of carboxylic acid groups (broad SMARTS) is 1. The molecule has 0 radical (unpaired) electrons. The molecule has 31 heavy (non-hydrogen) atoms. The Morgan fingerprint density at radius 1 is 0.968 bits per heavy atom. The van der Waals surface area contributed by atoms with E-state index in [0.717, 1.165) is 24.2 Å². The number of aliphatic carboxylic acids is 1. The molecule has 1 aliphatic carbocycles. The van der Waals surface area contributed by atoms with Crippen molar-refractivity contribution in [2.75, 3.05) is 32.3 Å². The summed E-state index contributed by atoms with van der Waals surface area (Å²) in [6, 6.07) is 17.0. The first-order valence-corrected chi connectivity index (χ1v) is 10.4. The fraction of sp³-hybridized carbons (Fsp3) is 0.417. The lowest BCUT2D eigenvalue weighted by Gasteiger charge is -2.25. The molecule has 0 bridgehead atoms. The molecule has 0 aliphatic heterocycles. The topological polar surface area (TPSA) is 85.3 Å². The van der Waals surface area contributed by atoms with Crippen molar-refractivity contribution in [3.8, 4) is 5.75 Å². The largest absolute Gasteiger partial charge is 0.497 e. The average molecular weight is 430 g/mol. The van der Waals surface area contributed by atoms with Crippen molar-refractivity contribution in [1.29, 1.82) is 0 Å². The minimum atomic E-state index is -0.933. The van der Waals surface area contributed by atoms with Crippen LogP contribution in [0.2, 0.25) is 0 Å². The number of carbonyl (C=O) groups excluding carboxylic acids is 1. The summed E-state index contributed by atoms with van der Waals surface area (Å²) in [4.78, 5) is 23.9. The Kier molecular flexibility index (Phi) is 10.4. The summed E-state index contributed by atoms with van der Waals surface area (Å²) in [5.74, 6) is 0.261. The highest BCUT2D eigenvalue weighted by molar-refractivity contribution is 5.96. The first-order valence-electron chi connectivity index (χ1n) is 10.4. The number of carboxylic acids is 1. The van der Waals surface area contributed by atoms with Crippen LogP contribution in [-0.2, 0) is 14.3 Å². The number of methoxy groups -OCH3 is 2. The van der Waals surface area contributed by atoms with Crippen LogP contribution in [-0.4, -0.2) is 44.6 Å². The van der Waals surface area contributed by atoms with Gasteiger partial charge < -0.3 is 19.3 Å². The van der Waals surface area contributed by atoms with E-state index in [0.29, 0.717) is 18.3 Å². The maximum absolute atomic E-state index is 12.8. The van der Waals surface area contributed by atoms with Gasteiger partial charge >= 0.3 is 12.1 Å². The highest BCUT2D eigenvalue weighted by Crippen LogP contribution is 2.30. The molecule has 7 nitrogen and oxygen atoms in total. The molecule has 1 saturated carbocycles. The van der Waals surface area contributed by atoms with Crippen LogP contribution in [0.3, 0.4) is 0 Å². The number of anilines is 2. The summed E-state index contributed by atoms with van der Waals surface area (Å²) < 4.78 is 15.2. The Bertz CT molecular complexity index is 805. The zero-order valence-corrected chi connectivity index (χ0v) is 18.2. The van der Waals surface area contributed by atoms with Crippen molar-refractivity contribution in [2.24, 2.45) is 5.92 Å². The Hall–Kier alpha value is -3.06. The second kappa shape index (κ2) is 13.3. The van der Waals surface area contributed by atoms with Gasteiger partial charge in [0.2, 0.25) is 0 Å². The molecule has 1 fully saturated rings. The molecule has 2 aromatic carbocycles. The smallest absolute Gasteiger partial charge is 0.418 e. The Balaban J connectivity index is 0.000000501. The van der Waals surface area contributed by atoms with Gasteiger partial charge in [0.1, 0.15) is 12.4 Å². The van der Waals surface area contributed by atoms with Gasteiger partial charge in [-0.25, -0.2) is 14.5 Å². The predicted octanol–water partition coefficient (Wildman–Crippen LogP) is 5.27. The van der Waals surface area contributed by atoms with Gasteiger partial charge in [0.25, 0.3) is 0 Å². The molecule has 2 aromatic rings. The van der Waals surface area contributed by atoms with E-state index in [9.17, 15) is 9.59 Å². The van der Waals surface area contributed by atoms with Crippen LogP contribution in [0.15, 0.2) is 54.6 Å². The lowest BCUT2D eigenvalue weighted by Crippen LogP contribution is -2.29. The maximum atomic E-state index is 12.8. The van der Waals surface area contributed by atoms with E-state index < -0.39 is 5.97 Å². The fourth-order valence-electron chi connectivity index (χ4n) is 3.42. The van der Waals surface area contributed by atoms with Gasteiger partial charge in [0, 0.05) is 13.2 Å². The Morgan fingerprint density at radius 3 is 2.23 bits per heavy atom. The highest BCUT2D eigenvalue weighted by atomic mass is 16.6. The standard InChI is InChI=1S/C21H25NO3.C3H6O3/c1-24-20-14-8-13-19(15-20)22(18-11-6-3-7-12-18)21(23)25-16-17-9-4-2-5-10-17;1-6-2-3(4)5/h3,6-8,11-15,17H,2,4-5,9-10,16H2,1H3;2H2,1H3,(H,4,5). The number of carbonyl (C=O) groups is 2. The minimum absolute atomic E-state index is 0.208. The zero-order valence-electron chi connectivity index (χ0n) is 18.2. The van der Waals surface area contributed by atoms with Gasteiger partial charge in [-0.1, -0.05) is 43.5 Å². The molecule has 3 rings (SSSR count). The third kappa shape index (κ3) is 8.30. The summed E-state index contributed by atoms with van der Waals surface area (Å²) in [5.41, 5.74) is 1.52. The van der Waals surface area contributed by atoms with Crippen LogP contribution in [0.1, 0.15) is 32.1 Å². The van der Waals surface area contributed by atoms with Crippen LogP contribution in [0, 0.1) is 5.92 Å². The van der Waals surface area contributed by atoms with E-state index in [1.165, 1.54) is 26.4 Å². The van der Waals surface area contributed by atoms with E-state index >= 15 is 0 Å². The van der Waals surface area contributed by atoms with Crippen molar-refractivity contribution in [3.05, 3.63) is 54.6 Å². The Morgan fingerprint density at radius 2 is 1.65 bits per heavy atom. The molecule has 0 atom stereocenters. The number of ether oxygens (including phenoxy) is 3. The summed E-state index contributed by atoms with van der Waals surface area (Å²) in [7, 11) is 2.96. The van der Waals surface area contributed by atoms with Gasteiger partial charge in [-0.3, -0.25) is 0 Å². The quantitative estimate of drug-likeness (QED) is 0.646. The van der Waals surface area contributed by atoms with Gasteiger partial charge in [0.05, 0.1) is 25.1 Å². The molecule has 0 aromatic heterocycles. The molecular formula is C24H31NO6. The summed E-state index contributed by atoms with van der Waals surface area (Å²) in [6.45, 7) is 0.284. The van der Waals surface area contributed by atoms with E-state index in [2.05, 4.69) is 4.74 Å². The summed E-state index contributed by atoms with van der Waals surface area (Å²) in [6.07, 6.45) is 5.73. The minimum Gasteiger partial charge on any atom is -0.497 e. The van der Waals surface area contributed by atoms with Gasteiger partial charge in [0.15, 0.2) is 0 Å². The predicted molar refractivity (Wildman–Crippen MR) is 119 cm³/mol. The number of nitrogens with zero attached hydrogens (tertiary/aromatic N) is 1. The maximum Gasteiger partial charge on any atom is 0.418 e. The van der Waals surface area contributed by atoms with E-state index in [1.54, 1.807) is 12.0 Å². The number of para-hydroxylation sites is 1. The van der Waals surface area contributed by atoms with Crippen molar-refractivity contribution in [1.82, 2.24) is 0 Å². The normalized spacial score (nSPS) is 13.5. The number of benzene rings is 2. The van der Waals surface area contributed by atoms with Crippen molar-refractivity contribution in [3.63, 3.8) is 0 Å². The number of rotatable bonds is 7. The molecule has 1 aliphatic rings. The van der Waals surface area contributed by atoms with E-state index in [4.69, 9.17) is 14.6 Å². The number of hydrogen-bond acceptors (Lipinski definition) is 5. The molecule has 0 unspecified atom stereocenters. The van der Waals surface area contributed by atoms with Crippen LogP contribution in [0.5, 0.6) is 5.75 Å². The van der Waals surface area contributed by atoms with E-state index in [-0.39, 0.29) is 12.7 Å². The van der Waals surface area contributed by atoms with Gasteiger partial charge in [-0.05, 0) is 43.0 Å². The first kappa shape index (κ1) is 24.2. The molecule has 7 heteroatoms. The van der Waals surface area contributed by atoms with Crippen molar-refractivity contribution < 1.29 is 28.9 Å². The number of amides is 1. The van der Waals surface area contributed by atoms with Crippen molar-refractivity contribution in [2.45, 2.75) is 32.1 Å². The molecule has 1 amide bonds. The number of hydrogen-bond donors (Lipinski definition) is 1. The highest BCUT2D eigenvalue weighted by Gasteiger charge is 2.22. The lowest BCUT2D eigenvalue weighted by atomic mass is 9.90. The summed E-state index contributed by atoms with van der Waals surface area (Å²) in [5, 5.41) is 7.79. The van der Waals surface area contributed by atoms with Gasteiger partial charge in [-0.2, -0.15) is 0 Å². The third-order valence-corrected chi connectivity index (χ3v) is 4.94. The Labute approximate surface area is 183 Å². The lowest BCUT2D eigenvalue weighted by molar-refractivity contribution is -0.141. The zero-order chi connectivity index (χ0) is 22.5. The van der Waals surface area contributed by atoms with Crippen LogP contribution >= 0.6 is 0 Å². The van der Waals surface area contributed by atoms with Crippen LogP contribution in [0.4, 0.5) is 16.2 Å². The molecular weight excluding hydrogens is 398 g/mol. The molecule has 1 N–H and O–H groups in total. The van der Waals surface area contributed by atoms with Crippen molar-refractivity contribution >= 4 is 23.4 Å². The fourth-order valence-corrected chi connectivity index (χ4v) is 3.42. The molecule has 0 spiro atoms. The van der Waals surface area contributed by atoms with E-state index in [1.807, 2.05) is 54.6 Å². The second-order valence-electron chi connectivity index (χ2n) is 7.28. The SMILES string of the molecule is COCC(=O)O.COc1cccc(N(C(=O)OCC2CCCCC2)c2ccccc2)c1. The summed E-state index contributed by atoms with van der Waals surface area (Å²) >= 11 is 0. The first-order chi connectivity index (χ1) is 15.0. The molecule has 168 valence electrons. The monoisotopic (exact) mass is 429 g/mol. The second-order valence-corrected chi connectivity index (χ2v) is 7.28.